The summed E-state index contributed by atoms with van der Waals surface area (Å²) in [6.45, 7) is 5.96. The van der Waals surface area contributed by atoms with Crippen molar-refractivity contribution in [2.45, 2.75) is 75.9 Å². The van der Waals surface area contributed by atoms with E-state index in [4.69, 9.17) is 9.47 Å². The number of carbonyl (C=O) groups excluding carboxylic acids is 1. The van der Waals surface area contributed by atoms with Gasteiger partial charge in [0.05, 0.1) is 13.2 Å². The zero-order valence-corrected chi connectivity index (χ0v) is 19.7. The molecule has 32 heavy (non-hydrogen) atoms. The predicted molar refractivity (Wildman–Crippen MR) is 123 cm³/mol. The maximum absolute atomic E-state index is 14.6. The quantitative estimate of drug-likeness (QED) is 0.618. The first-order valence-electron chi connectivity index (χ1n) is 12.5. The topological polar surface area (TPSA) is 50.8 Å². The molecule has 0 bridgehead atoms. The van der Waals surface area contributed by atoms with E-state index in [1.807, 2.05) is 6.07 Å². The van der Waals surface area contributed by atoms with Crippen molar-refractivity contribution in [1.29, 1.82) is 0 Å². The third-order valence-corrected chi connectivity index (χ3v) is 8.27. The molecule has 1 amide bonds. The van der Waals surface area contributed by atoms with Gasteiger partial charge in [0, 0.05) is 24.6 Å². The molecule has 2 saturated carbocycles. The van der Waals surface area contributed by atoms with Gasteiger partial charge < -0.3 is 19.7 Å². The number of nitrogens with zero attached hydrogens (tertiary/aromatic N) is 1. The highest BCUT2D eigenvalue weighted by Gasteiger charge is 2.53. The summed E-state index contributed by atoms with van der Waals surface area (Å²) < 4.78 is 25.5. The number of carbonyl (C=O) groups is 1. The van der Waals surface area contributed by atoms with E-state index in [0.29, 0.717) is 12.0 Å². The molecule has 4 rings (SSSR count). The van der Waals surface area contributed by atoms with Crippen LogP contribution < -0.4 is 5.32 Å². The highest BCUT2D eigenvalue weighted by molar-refractivity contribution is 5.67. The normalized spacial score (nSPS) is 30.3. The average molecular weight is 447 g/mol. The number of halogens is 1. The first-order chi connectivity index (χ1) is 15.6. The summed E-state index contributed by atoms with van der Waals surface area (Å²) in [5, 5.41) is 3.15. The Morgan fingerprint density at radius 1 is 1.16 bits per heavy atom. The number of alkyl carbamates (subject to hydrolysis) is 1. The molecule has 3 atom stereocenters. The van der Waals surface area contributed by atoms with Crippen molar-refractivity contribution >= 4 is 6.09 Å². The summed E-state index contributed by atoms with van der Waals surface area (Å²) in [6.07, 6.45) is 8.53. The van der Waals surface area contributed by atoms with E-state index in [1.165, 1.54) is 13.5 Å². The van der Waals surface area contributed by atoms with E-state index < -0.39 is 0 Å². The fourth-order valence-corrected chi connectivity index (χ4v) is 6.72. The van der Waals surface area contributed by atoms with Gasteiger partial charge >= 0.3 is 6.09 Å². The molecule has 1 saturated heterocycles. The third-order valence-electron chi connectivity index (χ3n) is 8.27. The van der Waals surface area contributed by atoms with Gasteiger partial charge in [0.15, 0.2) is 0 Å². The largest absolute Gasteiger partial charge is 0.453 e. The molecule has 6 heteroatoms. The summed E-state index contributed by atoms with van der Waals surface area (Å²) in [6, 6.07) is 7.35. The molecular formula is C26H39FN2O3. The lowest BCUT2D eigenvalue weighted by Crippen LogP contribution is -2.58. The molecule has 1 N–H and O–H groups in total. The summed E-state index contributed by atoms with van der Waals surface area (Å²) in [4.78, 5) is 14.7. The van der Waals surface area contributed by atoms with E-state index in [2.05, 4.69) is 23.2 Å². The second-order valence-corrected chi connectivity index (χ2v) is 9.89. The molecule has 0 aromatic heterocycles. The first-order valence-corrected chi connectivity index (χ1v) is 12.5. The van der Waals surface area contributed by atoms with Gasteiger partial charge in [0.25, 0.3) is 0 Å². The van der Waals surface area contributed by atoms with Crippen LogP contribution in [0.15, 0.2) is 24.3 Å². The Labute approximate surface area is 192 Å². The van der Waals surface area contributed by atoms with Gasteiger partial charge in [0.1, 0.15) is 5.82 Å². The van der Waals surface area contributed by atoms with Gasteiger partial charge in [-0.05, 0) is 94.5 Å². The summed E-state index contributed by atoms with van der Waals surface area (Å²) in [5.74, 6) is 0.526. The Morgan fingerprint density at radius 2 is 1.94 bits per heavy atom. The van der Waals surface area contributed by atoms with E-state index >= 15 is 0 Å². The lowest BCUT2D eigenvalue weighted by atomic mass is 9.56. The number of hydrogen-bond donors (Lipinski definition) is 1. The number of methoxy groups -OCH3 is 1. The number of amides is 1. The molecular weight excluding hydrogens is 407 g/mol. The fraction of sp³-hybridized carbons (Fsp3) is 0.731. The molecule has 1 heterocycles. The number of nitrogens with one attached hydrogen (secondary N) is 1. The van der Waals surface area contributed by atoms with Crippen molar-refractivity contribution in [3.8, 4) is 0 Å². The molecule has 0 radical (unpaired) electrons. The molecule has 1 aliphatic heterocycles. The Hall–Kier alpha value is -1.66. The van der Waals surface area contributed by atoms with Crippen LogP contribution in [0.5, 0.6) is 0 Å². The minimum atomic E-state index is -0.362. The summed E-state index contributed by atoms with van der Waals surface area (Å²) in [7, 11) is 1.42. The van der Waals surface area contributed by atoms with E-state index in [9.17, 15) is 9.18 Å². The number of hydrogen-bond acceptors (Lipinski definition) is 4. The molecule has 178 valence electrons. The molecule has 1 aromatic rings. The van der Waals surface area contributed by atoms with E-state index in [0.717, 1.165) is 76.8 Å². The van der Waals surface area contributed by atoms with E-state index in [1.54, 1.807) is 12.1 Å². The van der Waals surface area contributed by atoms with Gasteiger partial charge in [0.2, 0.25) is 0 Å². The number of ether oxygens (including phenoxy) is 2. The van der Waals surface area contributed by atoms with Gasteiger partial charge in [-0.1, -0.05) is 18.6 Å². The minimum absolute atomic E-state index is 0.0524. The summed E-state index contributed by atoms with van der Waals surface area (Å²) in [5.41, 5.74) is 0.912. The molecule has 3 fully saturated rings. The molecule has 3 aliphatic rings. The highest BCUT2D eigenvalue weighted by Crippen LogP contribution is 2.52. The standard InChI is InChI=1S/C26H39FN2O3/c1-3-32-22-13-11-19(12-14-22)26(18-29-15-6-16-29,20-7-4-8-21(27)17-20)23-9-5-10-24(23)28-25(30)31-2/h4,7-8,17,19,22-24H,3,5-6,9-16,18H2,1-2H3,(H,28,30)/t19?,22?,23-,24-,26?/m0/s1. The second-order valence-electron chi connectivity index (χ2n) is 9.89. The van der Waals surface area contributed by atoms with Crippen LogP contribution in [-0.4, -0.2) is 56.5 Å². The molecule has 2 aliphatic carbocycles. The van der Waals surface area contributed by atoms with Crippen LogP contribution in [0.3, 0.4) is 0 Å². The van der Waals surface area contributed by atoms with Gasteiger partial charge in [-0.25, -0.2) is 9.18 Å². The monoisotopic (exact) mass is 446 g/mol. The zero-order valence-electron chi connectivity index (χ0n) is 19.7. The number of likely N-dealkylation sites (tertiary alicyclic amines) is 1. The van der Waals surface area contributed by atoms with Crippen LogP contribution >= 0.6 is 0 Å². The maximum Gasteiger partial charge on any atom is 0.407 e. The van der Waals surface area contributed by atoms with Crippen molar-refractivity contribution in [2.75, 3.05) is 33.4 Å². The smallest absolute Gasteiger partial charge is 0.407 e. The summed E-state index contributed by atoms with van der Waals surface area (Å²) >= 11 is 0. The van der Waals surface area contributed by atoms with Crippen molar-refractivity contribution < 1.29 is 18.7 Å². The molecule has 0 spiro atoms. The van der Waals surface area contributed by atoms with Crippen LogP contribution in [-0.2, 0) is 14.9 Å². The third kappa shape index (κ3) is 4.81. The Bertz CT molecular complexity index is 763. The van der Waals surface area contributed by atoms with Crippen LogP contribution in [0.2, 0.25) is 0 Å². The van der Waals surface area contributed by atoms with Gasteiger partial charge in [-0.15, -0.1) is 0 Å². The lowest BCUT2D eigenvalue weighted by Gasteiger charge is -2.53. The van der Waals surface area contributed by atoms with Crippen LogP contribution in [0.1, 0.15) is 63.9 Å². The van der Waals surface area contributed by atoms with Crippen molar-refractivity contribution in [2.24, 2.45) is 11.8 Å². The van der Waals surface area contributed by atoms with Crippen LogP contribution in [0, 0.1) is 17.7 Å². The number of rotatable bonds is 8. The fourth-order valence-electron chi connectivity index (χ4n) is 6.72. The lowest BCUT2D eigenvalue weighted by molar-refractivity contribution is -0.0110. The Balaban J connectivity index is 1.73. The molecule has 5 nitrogen and oxygen atoms in total. The number of benzene rings is 1. The first kappa shape index (κ1) is 23.5. The molecule has 1 aromatic carbocycles. The van der Waals surface area contributed by atoms with Crippen molar-refractivity contribution in [1.82, 2.24) is 10.2 Å². The zero-order chi connectivity index (χ0) is 22.6. The van der Waals surface area contributed by atoms with Crippen molar-refractivity contribution in [3.63, 3.8) is 0 Å². The van der Waals surface area contributed by atoms with Crippen molar-refractivity contribution in [3.05, 3.63) is 35.6 Å². The minimum Gasteiger partial charge on any atom is -0.453 e. The highest BCUT2D eigenvalue weighted by atomic mass is 19.1. The maximum atomic E-state index is 14.6. The SMILES string of the molecule is CCOC1CCC(C(CN2CCC2)(c2cccc(F)c2)[C@H]2CCC[C@@H]2NC(=O)OC)CC1. The predicted octanol–water partition coefficient (Wildman–Crippen LogP) is 4.89. The Morgan fingerprint density at radius 3 is 2.56 bits per heavy atom. The molecule has 1 unspecified atom stereocenters. The van der Waals surface area contributed by atoms with Crippen LogP contribution in [0.25, 0.3) is 0 Å². The Kier molecular flexibility index (Phi) is 7.72. The van der Waals surface area contributed by atoms with Gasteiger partial charge in [-0.2, -0.15) is 0 Å². The second kappa shape index (κ2) is 10.5. The average Bonchev–Trinajstić information content (AvgIpc) is 3.22. The van der Waals surface area contributed by atoms with E-state index in [-0.39, 0.29) is 29.3 Å². The van der Waals surface area contributed by atoms with Gasteiger partial charge in [-0.3, -0.25) is 0 Å². The van der Waals surface area contributed by atoms with Crippen LogP contribution in [0.4, 0.5) is 9.18 Å².